The summed E-state index contributed by atoms with van der Waals surface area (Å²) in [6.07, 6.45) is 0.261. The molecule has 1 aliphatic heterocycles. The van der Waals surface area contributed by atoms with Gasteiger partial charge in [0.05, 0.1) is 0 Å². The topological polar surface area (TPSA) is 116 Å². The van der Waals surface area contributed by atoms with Crippen LogP contribution >= 0.6 is 0 Å². The van der Waals surface area contributed by atoms with Crippen LogP contribution in [0.15, 0.2) is 0 Å². The average molecular weight is 301 g/mol. The normalized spacial score (nSPS) is 36.7. The fourth-order valence-electron chi connectivity index (χ4n) is 3.57. The fraction of sp³-hybridized carbons (Fsp3) is 0.857. The summed E-state index contributed by atoms with van der Waals surface area (Å²) in [4.78, 5) is 25.7. The second kappa shape index (κ2) is 6.29. The van der Waals surface area contributed by atoms with E-state index in [1.54, 1.807) is 27.7 Å². The highest BCUT2D eigenvalue weighted by atomic mass is 16.4. The molecule has 0 spiro atoms. The van der Waals surface area contributed by atoms with Gasteiger partial charge in [0.15, 0.2) is 0 Å². The SMILES string of the molecule is CCNC(=O)C1N(CC)C(C(N)=O)C(O)(CC)C1(O)CC. The molecule has 1 aliphatic rings. The molecule has 7 nitrogen and oxygen atoms in total. The van der Waals surface area contributed by atoms with Gasteiger partial charge in [-0.25, -0.2) is 0 Å². The highest BCUT2D eigenvalue weighted by Gasteiger charge is 2.69. The van der Waals surface area contributed by atoms with Gasteiger partial charge in [-0.05, 0) is 26.3 Å². The summed E-state index contributed by atoms with van der Waals surface area (Å²) >= 11 is 0. The number of carbonyl (C=O) groups is 2. The number of likely N-dealkylation sites (tertiary alicyclic amines) is 1. The molecule has 0 radical (unpaired) electrons. The third-order valence-electron chi connectivity index (χ3n) is 4.63. The molecule has 1 rings (SSSR count). The first-order valence-corrected chi connectivity index (χ1v) is 7.52. The maximum Gasteiger partial charge on any atom is 0.240 e. The van der Waals surface area contributed by atoms with Crippen molar-refractivity contribution in [2.45, 2.75) is 63.8 Å². The Morgan fingerprint density at radius 2 is 1.57 bits per heavy atom. The van der Waals surface area contributed by atoms with Crippen LogP contribution in [-0.2, 0) is 9.59 Å². The Labute approximate surface area is 125 Å². The van der Waals surface area contributed by atoms with Gasteiger partial charge in [-0.15, -0.1) is 0 Å². The molecule has 21 heavy (non-hydrogen) atoms. The van der Waals surface area contributed by atoms with E-state index in [4.69, 9.17) is 5.73 Å². The lowest BCUT2D eigenvalue weighted by molar-refractivity contribution is -0.161. The zero-order valence-electron chi connectivity index (χ0n) is 13.2. The van der Waals surface area contributed by atoms with Gasteiger partial charge in [0.25, 0.3) is 0 Å². The highest BCUT2D eigenvalue weighted by molar-refractivity contribution is 5.89. The third kappa shape index (κ3) is 2.43. The second-order valence-corrected chi connectivity index (χ2v) is 5.49. The van der Waals surface area contributed by atoms with Crippen LogP contribution in [0.4, 0.5) is 0 Å². The van der Waals surface area contributed by atoms with Gasteiger partial charge in [0.1, 0.15) is 23.3 Å². The third-order valence-corrected chi connectivity index (χ3v) is 4.63. The van der Waals surface area contributed by atoms with E-state index >= 15 is 0 Å². The Balaban J connectivity index is 3.46. The number of rotatable bonds is 6. The maximum atomic E-state index is 12.4. The lowest BCUT2D eigenvalue weighted by Crippen LogP contribution is -2.62. The number of nitrogens with one attached hydrogen (secondary N) is 1. The van der Waals surface area contributed by atoms with Crippen LogP contribution in [0.3, 0.4) is 0 Å². The predicted octanol–water partition coefficient (Wildman–Crippen LogP) is -1.04. The van der Waals surface area contributed by atoms with Gasteiger partial charge in [-0.3, -0.25) is 14.5 Å². The molecule has 4 unspecified atom stereocenters. The van der Waals surface area contributed by atoms with E-state index < -0.39 is 35.1 Å². The quantitative estimate of drug-likeness (QED) is 0.500. The molecular formula is C14H27N3O4. The molecule has 4 atom stereocenters. The van der Waals surface area contributed by atoms with Gasteiger partial charge < -0.3 is 21.3 Å². The van der Waals surface area contributed by atoms with E-state index in [9.17, 15) is 19.8 Å². The number of amides is 2. The van der Waals surface area contributed by atoms with E-state index in [1.165, 1.54) is 4.90 Å². The second-order valence-electron chi connectivity index (χ2n) is 5.49. The molecule has 1 saturated heterocycles. The van der Waals surface area contributed by atoms with Crippen molar-refractivity contribution >= 4 is 11.8 Å². The summed E-state index contributed by atoms with van der Waals surface area (Å²) in [7, 11) is 0. The molecule has 0 bridgehead atoms. The standard InChI is InChI=1S/C14H27N3O4/c1-5-13(20)9(11(15)18)17(8-4)10(12(19)16-7-3)14(13,21)6-2/h9-10,20-21H,5-8H2,1-4H3,(H2,15,18)(H,16,19). The Bertz CT molecular complexity index is 417. The number of likely N-dealkylation sites (N-methyl/N-ethyl adjacent to an activating group) is 2. The number of nitrogens with two attached hydrogens (primary N) is 1. The van der Waals surface area contributed by atoms with Crippen molar-refractivity contribution in [3.05, 3.63) is 0 Å². The number of hydrogen-bond acceptors (Lipinski definition) is 5. The van der Waals surface area contributed by atoms with Crippen LogP contribution in [0, 0.1) is 0 Å². The van der Waals surface area contributed by atoms with E-state index in [0.717, 1.165) is 0 Å². The zero-order valence-corrected chi connectivity index (χ0v) is 13.2. The maximum absolute atomic E-state index is 12.4. The lowest BCUT2D eigenvalue weighted by Gasteiger charge is -2.40. The predicted molar refractivity (Wildman–Crippen MR) is 78.3 cm³/mol. The van der Waals surface area contributed by atoms with Gasteiger partial charge in [0.2, 0.25) is 11.8 Å². The zero-order chi connectivity index (χ0) is 16.4. The molecule has 0 aromatic rings. The number of primary amides is 1. The summed E-state index contributed by atoms with van der Waals surface area (Å²) in [6, 6.07) is -2.10. The fourth-order valence-corrected chi connectivity index (χ4v) is 3.57. The molecule has 2 amide bonds. The lowest BCUT2D eigenvalue weighted by atomic mass is 9.74. The molecule has 1 fully saturated rings. The number of hydrogen-bond donors (Lipinski definition) is 4. The molecule has 122 valence electrons. The summed E-state index contributed by atoms with van der Waals surface area (Å²) in [5.74, 6) is -1.14. The minimum Gasteiger partial charge on any atom is -0.385 e. The van der Waals surface area contributed by atoms with E-state index in [-0.39, 0.29) is 12.8 Å². The summed E-state index contributed by atoms with van der Waals surface area (Å²) < 4.78 is 0. The van der Waals surface area contributed by atoms with Crippen molar-refractivity contribution in [2.75, 3.05) is 13.1 Å². The first-order valence-electron chi connectivity index (χ1n) is 7.52. The van der Waals surface area contributed by atoms with Gasteiger partial charge in [0, 0.05) is 6.54 Å². The molecule has 7 heteroatoms. The number of carbonyl (C=O) groups excluding carboxylic acids is 2. The van der Waals surface area contributed by atoms with Crippen molar-refractivity contribution in [1.82, 2.24) is 10.2 Å². The highest BCUT2D eigenvalue weighted by Crippen LogP contribution is 2.46. The first-order chi connectivity index (χ1) is 9.74. The van der Waals surface area contributed by atoms with E-state index in [1.807, 2.05) is 0 Å². The molecule has 0 saturated carbocycles. The van der Waals surface area contributed by atoms with Crippen molar-refractivity contribution in [3.8, 4) is 0 Å². The van der Waals surface area contributed by atoms with Crippen molar-refractivity contribution in [3.63, 3.8) is 0 Å². The average Bonchev–Trinajstić information content (AvgIpc) is 2.65. The van der Waals surface area contributed by atoms with Crippen molar-refractivity contribution < 1.29 is 19.8 Å². The Kier molecular flexibility index (Phi) is 5.35. The minimum atomic E-state index is -1.75. The van der Waals surface area contributed by atoms with Crippen LogP contribution < -0.4 is 11.1 Å². The van der Waals surface area contributed by atoms with Gasteiger partial charge >= 0.3 is 0 Å². The molecule has 5 N–H and O–H groups in total. The smallest absolute Gasteiger partial charge is 0.240 e. The van der Waals surface area contributed by atoms with E-state index in [0.29, 0.717) is 13.1 Å². The molecule has 0 aromatic heterocycles. The largest absolute Gasteiger partial charge is 0.385 e. The number of aliphatic hydroxyl groups is 2. The molecule has 1 heterocycles. The Morgan fingerprint density at radius 3 is 1.90 bits per heavy atom. The molecular weight excluding hydrogens is 274 g/mol. The van der Waals surface area contributed by atoms with Crippen LogP contribution in [-0.4, -0.2) is 63.3 Å². The summed E-state index contributed by atoms with van der Waals surface area (Å²) in [5.41, 5.74) is 1.97. The van der Waals surface area contributed by atoms with Crippen LogP contribution in [0.1, 0.15) is 40.5 Å². The van der Waals surface area contributed by atoms with Crippen molar-refractivity contribution in [2.24, 2.45) is 5.73 Å². The monoisotopic (exact) mass is 301 g/mol. The van der Waals surface area contributed by atoms with Gasteiger partial charge in [-0.1, -0.05) is 20.8 Å². The van der Waals surface area contributed by atoms with Crippen LogP contribution in [0.2, 0.25) is 0 Å². The van der Waals surface area contributed by atoms with Crippen molar-refractivity contribution in [1.29, 1.82) is 0 Å². The van der Waals surface area contributed by atoms with Crippen LogP contribution in [0.5, 0.6) is 0 Å². The first kappa shape index (κ1) is 17.9. The number of nitrogens with zero attached hydrogens (tertiary/aromatic N) is 1. The minimum absolute atomic E-state index is 0.122. The van der Waals surface area contributed by atoms with Gasteiger partial charge in [-0.2, -0.15) is 0 Å². The molecule has 0 aliphatic carbocycles. The summed E-state index contributed by atoms with van der Waals surface area (Å²) in [5, 5.41) is 24.7. The Morgan fingerprint density at radius 1 is 1.10 bits per heavy atom. The summed E-state index contributed by atoms with van der Waals surface area (Å²) in [6.45, 7) is 7.61. The van der Waals surface area contributed by atoms with E-state index in [2.05, 4.69) is 5.32 Å². The molecule has 0 aromatic carbocycles. The Hall–Kier alpha value is -1.18. The van der Waals surface area contributed by atoms with Crippen LogP contribution in [0.25, 0.3) is 0 Å².